The molecular weight excluding hydrogens is 682 g/mol. The van der Waals surface area contributed by atoms with Gasteiger partial charge in [0.25, 0.3) is 0 Å². The molecule has 2 aromatic rings. The van der Waals surface area contributed by atoms with Gasteiger partial charge in [-0.05, 0) is 30.9 Å². The van der Waals surface area contributed by atoms with E-state index in [1.165, 1.54) is 43.2 Å². The Morgan fingerprint density at radius 2 is 1.17 bits per heavy atom. The van der Waals surface area contributed by atoms with Gasteiger partial charge in [0.2, 0.25) is 0 Å². The van der Waals surface area contributed by atoms with E-state index < -0.39 is 0 Å². The van der Waals surface area contributed by atoms with Gasteiger partial charge in [-0.3, -0.25) is 0 Å². The predicted octanol–water partition coefficient (Wildman–Crippen LogP) is 2.29. The number of benzene rings is 2. The average Bonchev–Trinajstić information content (AvgIpc) is 3.35. The van der Waals surface area contributed by atoms with Crippen molar-refractivity contribution in [2.24, 2.45) is 0 Å². The number of hydrogen-bond donors (Lipinski definition) is 0. The normalized spacial score (nSPS) is 21.5. The van der Waals surface area contributed by atoms with Crippen LogP contribution >= 0.6 is 67.1 Å². The Kier molecular flexibility index (Phi) is 8.51. The first-order chi connectivity index (χ1) is 13.2. The molecule has 0 bridgehead atoms. The number of hydrogen-bond acceptors (Lipinski definition) is 3. The van der Waals surface area contributed by atoms with Gasteiger partial charge in [0.1, 0.15) is 0 Å². The van der Waals surface area contributed by atoms with E-state index in [0.29, 0.717) is 10.5 Å². The summed E-state index contributed by atoms with van der Waals surface area (Å²) in [5, 5.41) is 0.790. The zero-order valence-electron chi connectivity index (χ0n) is 15.0. The van der Waals surface area contributed by atoms with Crippen molar-refractivity contribution >= 4 is 79.3 Å². The second-order valence-corrected chi connectivity index (χ2v) is 12.6. The number of thioether (sulfide) groups is 2. The van der Waals surface area contributed by atoms with E-state index in [2.05, 4.69) is 92.6 Å². The maximum atomic E-state index is 3.58. The molecule has 0 amide bonds. The van der Waals surface area contributed by atoms with Crippen molar-refractivity contribution in [2.75, 3.05) is 0 Å². The average molecular weight is 692 g/mol. The van der Waals surface area contributed by atoms with Crippen LogP contribution < -0.4 is 24.8 Å². The van der Waals surface area contributed by atoms with Crippen molar-refractivity contribution < 1.29 is 51.0 Å². The minimum absolute atomic E-state index is 0. The van der Waals surface area contributed by atoms with Crippen molar-refractivity contribution in [2.45, 2.75) is 20.3 Å². The van der Waals surface area contributed by atoms with Crippen molar-refractivity contribution in [3.63, 3.8) is 0 Å². The maximum absolute atomic E-state index is 3.58. The molecule has 0 N–H and O–H groups in total. The summed E-state index contributed by atoms with van der Waals surface area (Å²) in [7, 11) is 0. The Bertz CT molecular complexity index is 1070. The number of halogens is 4. The molecule has 0 radical (unpaired) electrons. The zero-order valence-corrected chi connectivity index (χ0v) is 24.6. The summed E-state index contributed by atoms with van der Waals surface area (Å²) in [5.41, 5.74) is 8.08. The van der Waals surface area contributed by atoms with E-state index in [0.717, 1.165) is 7.63 Å². The van der Waals surface area contributed by atoms with Crippen molar-refractivity contribution in [3.8, 4) is 0 Å². The van der Waals surface area contributed by atoms with Crippen LogP contribution in [0.4, 0.5) is 0 Å². The van der Waals surface area contributed by atoms with Crippen LogP contribution in [0.25, 0.3) is 12.2 Å². The van der Waals surface area contributed by atoms with Crippen LogP contribution in [0.2, 0.25) is 0 Å². The summed E-state index contributed by atoms with van der Waals surface area (Å²) in [6.45, 7) is 0. The molecule has 0 fully saturated rings. The molecule has 2 atom stereocenters. The molecule has 6 rings (SSSR count). The molecule has 0 nitrogen and oxygen atoms in total. The summed E-state index contributed by atoms with van der Waals surface area (Å²) in [5.74, 6) is 0. The van der Waals surface area contributed by atoms with Crippen LogP contribution in [0.15, 0.2) is 65.0 Å². The fraction of sp³-hybridized carbons (Fsp3) is 0.0909. The third-order valence-electron chi connectivity index (χ3n) is 5.08. The van der Waals surface area contributed by atoms with Gasteiger partial charge in [0, 0.05) is 20.3 Å². The molecule has 2 aromatic carbocycles. The molecule has 8 heteroatoms. The third-order valence-corrected chi connectivity index (χ3v) is 9.85. The maximum Gasteiger partial charge on any atom is 4.00 e. The quantitative estimate of drug-likeness (QED) is 0.444. The fourth-order valence-electron chi connectivity index (χ4n) is 3.93. The summed E-state index contributed by atoms with van der Waals surface area (Å²) in [6, 6.07) is 13.4. The van der Waals surface area contributed by atoms with Gasteiger partial charge in [-0.25, -0.2) is 12.2 Å². The van der Waals surface area contributed by atoms with Gasteiger partial charge in [-0.1, -0.05) is 79.0 Å². The zero-order chi connectivity index (χ0) is 18.1. The van der Waals surface area contributed by atoms with Crippen molar-refractivity contribution in [1.82, 2.24) is 0 Å². The van der Waals surface area contributed by atoms with Crippen LogP contribution in [-0.4, -0.2) is 0 Å². The standard InChI is InChI=1S/C22H10Br2S3.2ClH.Zr/c23-19-9-11-7-15-13(21(11)26-19)3-1-5-17(15)25-18-6-2-4-14-16(18)8-12-10-20(24)27-22(12)14;;;/h1-8,21-22H;2*1H;/q-2;;;+4/p-2. The summed E-state index contributed by atoms with van der Waals surface area (Å²) >= 11 is 12.7. The van der Waals surface area contributed by atoms with Crippen LogP contribution in [-0.2, 0) is 26.2 Å². The monoisotopic (exact) mass is 688 g/mol. The number of rotatable bonds is 2. The second-order valence-electron chi connectivity index (χ2n) is 6.61. The van der Waals surface area contributed by atoms with Crippen molar-refractivity contribution in [1.29, 1.82) is 0 Å². The Labute approximate surface area is 237 Å². The molecule has 0 spiro atoms. The van der Waals surface area contributed by atoms with Crippen LogP contribution in [0.5, 0.6) is 0 Å². The summed E-state index contributed by atoms with van der Waals surface area (Å²) < 4.78 is 2.21. The van der Waals surface area contributed by atoms with E-state index in [-0.39, 0.29) is 51.0 Å². The first-order valence-corrected chi connectivity index (χ1v) is 12.6. The molecule has 2 aliphatic heterocycles. The molecule has 0 saturated heterocycles. The van der Waals surface area contributed by atoms with E-state index in [4.69, 9.17) is 0 Å². The topological polar surface area (TPSA) is 0 Å². The van der Waals surface area contributed by atoms with Crippen LogP contribution in [0.3, 0.4) is 0 Å². The summed E-state index contributed by atoms with van der Waals surface area (Å²) in [6.07, 6.45) is 11.5. The fourth-order valence-corrected chi connectivity index (χ4v) is 8.56. The SMILES string of the molecule is BrC1=[C-]C2=Cc3c(Sc4cccc5c4C=C4[C-]=C(Br)SC45)cccc3C2S1.[Cl-].[Cl-].[Zr+4]. The molecule has 2 heterocycles. The van der Waals surface area contributed by atoms with Gasteiger partial charge in [-0.15, -0.1) is 23.5 Å². The molecule has 4 aliphatic rings. The first-order valence-electron chi connectivity index (χ1n) is 8.46. The predicted molar refractivity (Wildman–Crippen MR) is 125 cm³/mol. The summed E-state index contributed by atoms with van der Waals surface area (Å²) in [4.78, 5) is 2.65. The molecule has 2 aliphatic carbocycles. The Balaban J connectivity index is 0.000000853. The molecule has 0 aromatic heterocycles. The van der Waals surface area contributed by atoms with E-state index >= 15 is 0 Å². The van der Waals surface area contributed by atoms with E-state index in [9.17, 15) is 0 Å². The van der Waals surface area contributed by atoms with Gasteiger partial charge >= 0.3 is 26.2 Å². The van der Waals surface area contributed by atoms with Gasteiger partial charge in [-0.2, -0.15) is 23.3 Å². The molecule has 0 saturated carbocycles. The van der Waals surface area contributed by atoms with Gasteiger partial charge in [0.15, 0.2) is 0 Å². The molecule has 148 valence electrons. The van der Waals surface area contributed by atoms with E-state index in [1.807, 2.05) is 35.3 Å². The first kappa shape index (κ1) is 25.5. The minimum atomic E-state index is 0. The van der Waals surface area contributed by atoms with Crippen LogP contribution in [0, 0.1) is 12.2 Å². The third kappa shape index (κ3) is 4.22. The minimum Gasteiger partial charge on any atom is -1.00 e. The molecule has 30 heavy (non-hydrogen) atoms. The van der Waals surface area contributed by atoms with E-state index in [1.54, 1.807) is 0 Å². The largest absolute Gasteiger partial charge is 4.00 e. The number of fused-ring (bicyclic) bond motifs is 6. The van der Waals surface area contributed by atoms with Crippen molar-refractivity contribution in [3.05, 3.63) is 89.6 Å². The van der Waals surface area contributed by atoms with Gasteiger partial charge < -0.3 is 24.8 Å². The smallest absolute Gasteiger partial charge is 1.00 e. The van der Waals surface area contributed by atoms with Crippen LogP contribution in [0.1, 0.15) is 32.8 Å². The molecular formula is C22H10Br2Cl2S3Zr. The second kappa shape index (κ2) is 10.0. The Morgan fingerprint density at radius 3 is 1.60 bits per heavy atom. The number of allylic oxidation sites excluding steroid dienone is 2. The Morgan fingerprint density at radius 1 is 0.733 bits per heavy atom. The molecule has 2 unspecified atom stereocenters. The Hall–Kier alpha value is 0.873. The van der Waals surface area contributed by atoms with Gasteiger partial charge in [0.05, 0.1) is 0 Å².